The Labute approximate surface area is 174 Å². The summed E-state index contributed by atoms with van der Waals surface area (Å²) in [6.45, 7) is 9.24. The van der Waals surface area contributed by atoms with Gasteiger partial charge in [-0.1, -0.05) is 18.5 Å². The van der Waals surface area contributed by atoms with E-state index in [9.17, 15) is 13.2 Å². The van der Waals surface area contributed by atoms with Crippen LogP contribution in [0.15, 0.2) is 9.42 Å². The fourth-order valence-corrected chi connectivity index (χ4v) is 6.16. The standard InChI is InChI=1S/C20H34N4O4S/c1-4-5-10-23-12-8-18(9-13-23)21-20(25)17-7-6-11-24(14-17)29(26,27)19-15(2)22-28-16(19)3/h17-18H,4-14H2,1-3H3,(H,21,25). The van der Waals surface area contributed by atoms with E-state index in [1.54, 1.807) is 13.8 Å². The van der Waals surface area contributed by atoms with Crippen LogP contribution in [0.2, 0.25) is 0 Å². The second kappa shape index (κ2) is 9.57. The lowest BCUT2D eigenvalue weighted by Crippen LogP contribution is -2.50. The molecule has 2 aliphatic rings. The van der Waals surface area contributed by atoms with E-state index in [2.05, 4.69) is 22.3 Å². The number of hydrogen-bond donors (Lipinski definition) is 1. The molecule has 1 aromatic heterocycles. The summed E-state index contributed by atoms with van der Waals surface area (Å²) in [5, 5.41) is 6.95. The summed E-state index contributed by atoms with van der Waals surface area (Å²) < 4.78 is 32.6. The van der Waals surface area contributed by atoms with E-state index in [-0.39, 0.29) is 29.3 Å². The van der Waals surface area contributed by atoms with Gasteiger partial charge < -0.3 is 14.7 Å². The average Bonchev–Trinajstić information content (AvgIpc) is 3.06. The van der Waals surface area contributed by atoms with Crippen molar-refractivity contribution in [3.8, 4) is 0 Å². The largest absolute Gasteiger partial charge is 0.360 e. The highest BCUT2D eigenvalue weighted by Gasteiger charge is 2.37. The molecule has 2 saturated heterocycles. The van der Waals surface area contributed by atoms with Crippen LogP contribution in [-0.4, -0.2) is 67.5 Å². The number of piperidine rings is 2. The monoisotopic (exact) mass is 426 g/mol. The molecule has 0 aliphatic carbocycles. The number of nitrogens with zero attached hydrogens (tertiary/aromatic N) is 3. The number of unbranched alkanes of at least 4 members (excludes halogenated alkanes) is 1. The topological polar surface area (TPSA) is 95.8 Å². The predicted octanol–water partition coefficient (Wildman–Crippen LogP) is 2.07. The smallest absolute Gasteiger partial charge is 0.248 e. The number of aryl methyl sites for hydroxylation is 2. The van der Waals surface area contributed by atoms with E-state index in [0.717, 1.165) is 38.9 Å². The van der Waals surface area contributed by atoms with Crippen LogP contribution >= 0.6 is 0 Å². The second-order valence-electron chi connectivity index (χ2n) is 8.33. The minimum Gasteiger partial charge on any atom is -0.360 e. The van der Waals surface area contributed by atoms with Crippen molar-refractivity contribution in [1.29, 1.82) is 0 Å². The fraction of sp³-hybridized carbons (Fsp3) is 0.800. The highest BCUT2D eigenvalue weighted by molar-refractivity contribution is 7.89. The number of nitrogens with one attached hydrogen (secondary N) is 1. The van der Waals surface area contributed by atoms with E-state index in [4.69, 9.17) is 4.52 Å². The molecule has 3 heterocycles. The molecule has 1 amide bonds. The molecule has 1 atom stereocenters. The molecule has 1 N–H and O–H groups in total. The van der Waals surface area contributed by atoms with E-state index in [1.165, 1.54) is 17.1 Å². The summed E-state index contributed by atoms with van der Waals surface area (Å²) in [7, 11) is -3.71. The molecule has 1 unspecified atom stereocenters. The molecular weight excluding hydrogens is 392 g/mol. The van der Waals surface area contributed by atoms with Crippen molar-refractivity contribution in [1.82, 2.24) is 19.7 Å². The fourth-order valence-electron chi connectivity index (χ4n) is 4.35. The molecule has 0 aromatic carbocycles. The molecule has 29 heavy (non-hydrogen) atoms. The van der Waals surface area contributed by atoms with Gasteiger partial charge in [-0.3, -0.25) is 4.79 Å². The van der Waals surface area contributed by atoms with Gasteiger partial charge in [0.15, 0.2) is 5.76 Å². The molecule has 2 fully saturated rings. The zero-order valence-electron chi connectivity index (χ0n) is 17.8. The summed E-state index contributed by atoms with van der Waals surface area (Å²) in [5.41, 5.74) is 0.365. The first-order chi connectivity index (χ1) is 13.8. The molecule has 3 rings (SSSR count). The van der Waals surface area contributed by atoms with Crippen molar-refractivity contribution < 1.29 is 17.7 Å². The van der Waals surface area contributed by atoms with Gasteiger partial charge in [0.1, 0.15) is 10.6 Å². The first-order valence-corrected chi connectivity index (χ1v) is 12.2. The number of rotatable bonds is 7. The molecule has 8 nitrogen and oxygen atoms in total. The lowest BCUT2D eigenvalue weighted by atomic mass is 9.97. The normalized spacial score (nSPS) is 22.7. The van der Waals surface area contributed by atoms with Crippen molar-refractivity contribution >= 4 is 15.9 Å². The molecule has 9 heteroatoms. The minimum absolute atomic E-state index is 0.0179. The van der Waals surface area contributed by atoms with Crippen molar-refractivity contribution in [2.24, 2.45) is 5.92 Å². The highest BCUT2D eigenvalue weighted by Crippen LogP contribution is 2.28. The quantitative estimate of drug-likeness (QED) is 0.717. The Hall–Kier alpha value is -1.45. The number of likely N-dealkylation sites (tertiary alicyclic amines) is 1. The Morgan fingerprint density at radius 1 is 1.21 bits per heavy atom. The van der Waals surface area contributed by atoms with E-state index >= 15 is 0 Å². The van der Waals surface area contributed by atoms with Crippen LogP contribution in [0.4, 0.5) is 0 Å². The van der Waals surface area contributed by atoms with Gasteiger partial charge >= 0.3 is 0 Å². The molecule has 0 spiro atoms. The van der Waals surface area contributed by atoms with Crippen LogP contribution < -0.4 is 5.32 Å². The third kappa shape index (κ3) is 5.19. The summed E-state index contributed by atoms with van der Waals surface area (Å²) in [6, 6.07) is 0.190. The van der Waals surface area contributed by atoms with Gasteiger partial charge in [0, 0.05) is 32.2 Å². The molecular formula is C20H34N4O4S. The van der Waals surface area contributed by atoms with Gasteiger partial charge in [0.25, 0.3) is 0 Å². The maximum Gasteiger partial charge on any atom is 0.248 e. The van der Waals surface area contributed by atoms with E-state index in [1.807, 2.05) is 0 Å². The molecule has 2 aliphatic heterocycles. The Kier molecular flexibility index (Phi) is 7.34. The molecule has 0 bridgehead atoms. The van der Waals surface area contributed by atoms with Crippen molar-refractivity contribution in [2.45, 2.75) is 70.2 Å². The maximum atomic E-state index is 13.1. The Morgan fingerprint density at radius 3 is 2.55 bits per heavy atom. The lowest BCUT2D eigenvalue weighted by molar-refractivity contribution is -0.127. The van der Waals surface area contributed by atoms with Crippen LogP contribution in [-0.2, 0) is 14.8 Å². The van der Waals surface area contributed by atoms with Gasteiger partial charge in [-0.25, -0.2) is 8.42 Å². The SMILES string of the molecule is CCCCN1CCC(NC(=O)C2CCCN(S(=O)(=O)c3c(C)noc3C)C2)CC1. The first kappa shape index (κ1) is 22.2. The Balaban J connectivity index is 1.56. The zero-order chi connectivity index (χ0) is 21.0. The molecule has 0 radical (unpaired) electrons. The van der Waals surface area contributed by atoms with E-state index < -0.39 is 10.0 Å². The number of sulfonamides is 1. The third-order valence-electron chi connectivity index (χ3n) is 6.08. The third-order valence-corrected chi connectivity index (χ3v) is 8.19. The second-order valence-corrected chi connectivity index (χ2v) is 10.2. The number of carbonyl (C=O) groups excluding carboxylic acids is 1. The predicted molar refractivity (Wildman–Crippen MR) is 110 cm³/mol. The summed E-state index contributed by atoms with van der Waals surface area (Å²) >= 11 is 0. The first-order valence-electron chi connectivity index (χ1n) is 10.8. The van der Waals surface area contributed by atoms with Crippen LogP contribution in [0.1, 0.15) is 56.9 Å². The van der Waals surface area contributed by atoms with Gasteiger partial charge in [-0.15, -0.1) is 0 Å². The number of hydrogen-bond acceptors (Lipinski definition) is 6. The summed E-state index contributed by atoms with van der Waals surface area (Å²) in [4.78, 5) is 15.4. The van der Waals surface area contributed by atoms with Crippen molar-refractivity contribution in [3.63, 3.8) is 0 Å². The number of amides is 1. The Bertz CT molecular complexity index is 780. The van der Waals surface area contributed by atoms with Crippen LogP contribution in [0, 0.1) is 19.8 Å². The zero-order valence-corrected chi connectivity index (χ0v) is 18.6. The van der Waals surface area contributed by atoms with Gasteiger partial charge in [0.05, 0.1) is 5.92 Å². The Morgan fingerprint density at radius 2 is 1.93 bits per heavy atom. The summed E-state index contributed by atoms with van der Waals surface area (Å²) in [6.07, 6.45) is 5.73. The minimum atomic E-state index is -3.71. The number of aromatic nitrogens is 1. The maximum absolute atomic E-state index is 13.1. The van der Waals surface area contributed by atoms with Gasteiger partial charge in [0.2, 0.25) is 15.9 Å². The summed E-state index contributed by atoms with van der Waals surface area (Å²) in [5.74, 6) is -0.0308. The van der Waals surface area contributed by atoms with E-state index in [0.29, 0.717) is 24.4 Å². The molecule has 1 aromatic rings. The van der Waals surface area contributed by atoms with Crippen molar-refractivity contribution in [2.75, 3.05) is 32.7 Å². The number of carbonyl (C=O) groups is 1. The lowest BCUT2D eigenvalue weighted by Gasteiger charge is -2.35. The van der Waals surface area contributed by atoms with Gasteiger partial charge in [-0.2, -0.15) is 4.31 Å². The van der Waals surface area contributed by atoms with Gasteiger partial charge in [-0.05, 0) is 52.5 Å². The van der Waals surface area contributed by atoms with Crippen LogP contribution in [0.5, 0.6) is 0 Å². The highest BCUT2D eigenvalue weighted by atomic mass is 32.2. The molecule has 0 saturated carbocycles. The average molecular weight is 427 g/mol. The van der Waals surface area contributed by atoms with Crippen LogP contribution in [0.25, 0.3) is 0 Å². The van der Waals surface area contributed by atoms with Crippen LogP contribution in [0.3, 0.4) is 0 Å². The van der Waals surface area contributed by atoms with Crippen molar-refractivity contribution in [3.05, 3.63) is 11.5 Å². The molecule has 164 valence electrons.